The molecule has 1 fully saturated rings. The third-order valence-electron chi connectivity index (χ3n) is 3.92. The van der Waals surface area contributed by atoms with Crippen molar-refractivity contribution in [2.45, 2.75) is 63.9 Å². The Morgan fingerprint density at radius 2 is 1.79 bits per heavy atom. The smallest absolute Gasteiger partial charge is 0.119 e. The number of rotatable bonds is 6. The second kappa shape index (κ2) is 7.19. The molecule has 1 atom stereocenters. The van der Waals surface area contributed by atoms with Crippen LogP contribution >= 0.6 is 11.6 Å². The van der Waals surface area contributed by atoms with Crippen molar-refractivity contribution < 1.29 is 4.74 Å². The van der Waals surface area contributed by atoms with Gasteiger partial charge in [-0.05, 0) is 50.3 Å². The molecule has 1 saturated carbocycles. The van der Waals surface area contributed by atoms with E-state index in [9.17, 15) is 0 Å². The SMILES string of the molecule is CC(C)Oc1ccc(C(Cl)CCC2CCCC2)cc1. The summed E-state index contributed by atoms with van der Waals surface area (Å²) in [7, 11) is 0. The van der Waals surface area contributed by atoms with E-state index in [4.69, 9.17) is 16.3 Å². The van der Waals surface area contributed by atoms with Gasteiger partial charge in [-0.25, -0.2) is 0 Å². The van der Waals surface area contributed by atoms with Crippen LogP contribution in [0.5, 0.6) is 5.75 Å². The van der Waals surface area contributed by atoms with Gasteiger partial charge in [0.15, 0.2) is 0 Å². The average molecular weight is 281 g/mol. The summed E-state index contributed by atoms with van der Waals surface area (Å²) < 4.78 is 5.65. The molecule has 2 rings (SSSR count). The van der Waals surface area contributed by atoms with E-state index in [2.05, 4.69) is 12.1 Å². The van der Waals surface area contributed by atoms with Crippen molar-refractivity contribution in [2.24, 2.45) is 5.92 Å². The molecule has 0 aliphatic heterocycles. The standard InChI is InChI=1S/C17H25ClO/c1-13(2)19-16-10-8-15(9-11-16)17(18)12-7-14-5-3-4-6-14/h8-11,13-14,17H,3-7,12H2,1-2H3. The van der Waals surface area contributed by atoms with Crippen molar-refractivity contribution >= 4 is 11.6 Å². The Hall–Kier alpha value is -0.690. The lowest BCUT2D eigenvalue weighted by molar-refractivity contribution is 0.242. The molecule has 106 valence electrons. The average Bonchev–Trinajstić information content (AvgIpc) is 2.89. The Balaban J connectivity index is 1.82. The Bertz CT molecular complexity index is 365. The van der Waals surface area contributed by atoms with E-state index in [1.807, 2.05) is 26.0 Å². The summed E-state index contributed by atoms with van der Waals surface area (Å²) in [5, 5.41) is 0.147. The first-order chi connectivity index (χ1) is 9.15. The zero-order valence-electron chi connectivity index (χ0n) is 12.1. The quantitative estimate of drug-likeness (QED) is 0.605. The molecule has 0 bridgehead atoms. The van der Waals surface area contributed by atoms with E-state index in [1.165, 1.54) is 37.7 Å². The van der Waals surface area contributed by atoms with E-state index in [-0.39, 0.29) is 11.5 Å². The van der Waals surface area contributed by atoms with Crippen molar-refractivity contribution in [1.29, 1.82) is 0 Å². The summed E-state index contributed by atoms with van der Waals surface area (Å²) in [5.74, 6) is 1.85. The summed E-state index contributed by atoms with van der Waals surface area (Å²) in [6, 6.07) is 8.26. The van der Waals surface area contributed by atoms with Crippen LogP contribution < -0.4 is 4.74 Å². The maximum atomic E-state index is 6.50. The molecule has 1 aromatic rings. The molecule has 1 unspecified atom stereocenters. The van der Waals surface area contributed by atoms with Gasteiger partial charge in [-0.1, -0.05) is 37.8 Å². The summed E-state index contributed by atoms with van der Waals surface area (Å²) in [6.45, 7) is 4.08. The van der Waals surface area contributed by atoms with Crippen LogP contribution in [0.15, 0.2) is 24.3 Å². The number of alkyl halides is 1. The molecule has 2 heteroatoms. The highest BCUT2D eigenvalue weighted by Crippen LogP contribution is 2.34. The first kappa shape index (κ1) is 14.7. The van der Waals surface area contributed by atoms with Crippen molar-refractivity contribution in [3.05, 3.63) is 29.8 Å². The summed E-state index contributed by atoms with van der Waals surface area (Å²) >= 11 is 6.50. The summed E-state index contributed by atoms with van der Waals surface area (Å²) in [6.07, 6.45) is 8.24. The van der Waals surface area contributed by atoms with Crippen LogP contribution in [-0.2, 0) is 0 Å². The first-order valence-corrected chi connectivity index (χ1v) is 7.99. The fraction of sp³-hybridized carbons (Fsp3) is 0.647. The van der Waals surface area contributed by atoms with Crippen LogP contribution in [0.25, 0.3) is 0 Å². The highest BCUT2D eigenvalue weighted by atomic mass is 35.5. The van der Waals surface area contributed by atoms with Gasteiger partial charge in [0.25, 0.3) is 0 Å². The minimum atomic E-state index is 0.147. The van der Waals surface area contributed by atoms with Crippen LogP contribution in [0, 0.1) is 5.92 Å². The predicted octanol–water partition coefficient (Wildman–Crippen LogP) is 5.72. The van der Waals surface area contributed by atoms with E-state index in [0.717, 1.165) is 18.1 Å². The molecular weight excluding hydrogens is 256 g/mol. The summed E-state index contributed by atoms with van der Waals surface area (Å²) in [4.78, 5) is 0. The number of hydrogen-bond donors (Lipinski definition) is 0. The Labute approximate surface area is 122 Å². The predicted molar refractivity (Wildman–Crippen MR) is 82.0 cm³/mol. The fourth-order valence-electron chi connectivity index (χ4n) is 2.88. The monoisotopic (exact) mass is 280 g/mol. The third-order valence-corrected chi connectivity index (χ3v) is 4.39. The van der Waals surface area contributed by atoms with Gasteiger partial charge < -0.3 is 4.74 Å². The Kier molecular flexibility index (Phi) is 5.57. The van der Waals surface area contributed by atoms with Gasteiger partial charge in [0, 0.05) is 0 Å². The molecule has 0 amide bonds. The van der Waals surface area contributed by atoms with Crippen molar-refractivity contribution in [1.82, 2.24) is 0 Å². The minimum absolute atomic E-state index is 0.147. The first-order valence-electron chi connectivity index (χ1n) is 7.56. The van der Waals surface area contributed by atoms with Crippen LogP contribution in [0.3, 0.4) is 0 Å². The number of hydrogen-bond acceptors (Lipinski definition) is 1. The Morgan fingerprint density at radius 3 is 2.37 bits per heavy atom. The third kappa shape index (κ3) is 4.72. The number of halogens is 1. The molecule has 0 N–H and O–H groups in total. The normalized spacial score (nSPS) is 17.9. The topological polar surface area (TPSA) is 9.23 Å². The van der Waals surface area contributed by atoms with Crippen LogP contribution in [0.4, 0.5) is 0 Å². The molecule has 0 radical (unpaired) electrons. The van der Waals surface area contributed by atoms with E-state index in [0.29, 0.717) is 0 Å². The highest BCUT2D eigenvalue weighted by molar-refractivity contribution is 6.20. The lowest BCUT2D eigenvalue weighted by Crippen LogP contribution is -2.05. The second-order valence-corrected chi connectivity index (χ2v) is 6.46. The molecule has 0 saturated heterocycles. The van der Waals surface area contributed by atoms with Gasteiger partial charge in [0.1, 0.15) is 5.75 Å². The van der Waals surface area contributed by atoms with Crippen molar-refractivity contribution in [3.8, 4) is 5.75 Å². The van der Waals surface area contributed by atoms with Crippen LogP contribution in [0.2, 0.25) is 0 Å². The highest BCUT2D eigenvalue weighted by Gasteiger charge is 2.17. The van der Waals surface area contributed by atoms with Gasteiger partial charge in [-0.2, -0.15) is 0 Å². The lowest BCUT2D eigenvalue weighted by atomic mass is 9.98. The fourth-order valence-corrected chi connectivity index (χ4v) is 3.15. The zero-order valence-corrected chi connectivity index (χ0v) is 12.8. The maximum Gasteiger partial charge on any atom is 0.119 e. The van der Waals surface area contributed by atoms with Crippen LogP contribution in [-0.4, -0.2) is 6.10 Å². The van der Waals surface area contributed by atoms with Crippen molar-refractivity contribution in [3.63, 3.8) is 0 Å². The molecule has 0 heterocycles. The Morgan fingerprint density at radius 1 is 1.16 bits per heavy atom. The maximum absolute atomic E-state index is 6.50. The molecule has 0 spiro atoms. The van der Waals surface area contributed by atoms with Gasteiger partial charge in [-0.15, -0.1) is 11.6 Å². The number of ether oxygens (including phenoxy) is 1. The molecular formula is C17H25ClO. The summed E-state index contributed by atoms with van der Waals surface area (Å²) in [5.41, 5.74) is 1.22. The molecule has 0 aromatic heterocycles. The molecule has 1 aliphatic rings. The van der Waals surface area contributed by atoms with Gasteiger partial charge >= 0.3 is 0 Å². The van der Waals surface area contributed by atoms with E-state index in [1.54, 1.807) is 0 Å². The molecule has 1 nitrogen and oxygen atoms in total. The van der Waals surface area contributed by atoms with Crippen molar-refractivity contribution in [2.75, 3.05) is 0 Å². The second-order valence-electron chi connectivity index (χ2n) is 5.93. The van der Waals surface area contributed by atoms with E-state index >= 15 is 0 Å². The van der Waals surface area contributed by atoms with Gasteiger partial charge in [0.05, 0.1) is 11.5 Å². The van der Waals surface area contributed by atoms with E-state index < -0.39 is 0 Å². The zero-order chi connectivity index (χ0) is 13.7. The lowest BCUT2D eigenvalue weighted by Gasteiger charge is -2.14. The number of benzene rings is 1. The minimum Gasteiger partial charge on any atom is -0.491 e. The molecule has 1 aliphatic carbocycles. The largest absolute Gasteiger partial charge is 0.491 e. The molecule has 1 aromatic carbocycles. The molecule has 19 heavy (non-hydrogen) atoms. The van der Waals surface area contributed by atoms with Gasteiger partial charge in [-0.3, -0.25) is 0 Å². The van der Waals surface area contributed by atoms with Gasteiger partial charge in [0.2, 0.25) is 0 Å². The van der Waals surface area contributed by atoms with Crippen LogP contribution in [0.1, 0.15) is 63.3 Å².